The minimum absolute atomic E-state index is 0.104. The summed E-state index contributed by atoms with van der Waals surface area (Å²) in [6.07, 6.45) is 1.63. The summed E-state index contributed by atoms with van der Waals surface area (Å²) in [5, 5.41) is 10.6. The number of benzene rings is 3. The molecule has 186 valence electrons. The fourth-order valence-corrected chi connectivity index (χ4v) is 3.82. The first-order valence-corrected chi connectivity index (χ1v) is 12.3. The topological polar surface area (TPSA) is 65.0 Å². The van der Waals surface area contributed by atoms with Crippen molar-refractivity contribution >= 4 is 5.97 Å². The molecule has 0 fully saturated rings. The van der Waals surface area contributed by atoms with Gasteiger partial charge in [-0.15, -0.1) is 0 Å². The van der Waals surface area contributed by atoms with Gasteiger partial charge in [-0.3, -0.25) is 4.79 Å². The molecule has 3 aromatic carbocycles. The van der Waals surface area contributed by atoms with Crippen LogP contribution >= 0.6 is 0 Å². The van der Waals surface area contributed by atoms with Crippen LogP contribution in [0.2, 0.25) is 0 Å². The molecular formula is C30H36O5. The molecular weight excluding hydrogens is 440 g/mol. The van der Waals surface area contributed by atoms with Gasteiger partial charge in [0.05, 0.1) is 25.4 Å². The number of aliphatic hydroxyl groups is 1. The second-order valence-corrected chi connectivity index (χ2v) is 8.81. The van der Waals surface area contributed by atoms with Crippen LogP contribution in [-0.2, 0) is 33.5 Å². The lowest BCUT2D eigenvalue weighted by Crippen LogP contribution is -2.13. The molecule has 0 bridgehead atoms. The molecule has 0 aromatic heterocycles. The lowest BCUT2D eigenvalue weighted by molar-refractivity contribution is -0.147. The zero-order chi connectivity index (χ0) is 24.9. The van der Waals surface area contributed by atoms with Crippen molar-refractivity contribution in [1.82, 2.24) is 0 Å². The van der Waals surface area contributed by atoms with Crippen LogP contribution in [0.15, 0.2) is 78.9 Å². The molecule has 0 radical (unpaired) electrons. The molecule has 1 atom stereocenters. The maximum absolute atomic E-state index is 11.8. The van der Waals surface area contributed by atoms with E-state index in [0.717, 1.165) is 34.4 Å². The monoisotopic (exact) mass is 476 g/mol. The van der Waals surface area contributed by atoms with Gasteiger partial charge >= 0.3 is 5.97 Å². The van der Waals surface area contributed by atoms with E-state index in [9.17, 15) is 9.90 Å². The number of carbonyl (C=O) groups excluding carboxylic acids is 1. The Morgan fingerprint density at radius 1 is 0.829 bits per heavy atom. The molecule has 0 aliphatic heterocycles. The van der Waals surface area contributed by atoms with E-state index in [1.54, 1.807) is 0 Å². The van der Waals surface area contributed by atoms with Crippen molar-refractivity contribution in [2.24, 2.45) is 0 Å². The second kappa shape index (κ2) is 14.3. The van der Waals surface area contributed by atoms with E-state index in [1.165, 1.54) is 0 Å². The number of aryl methyl sites for hydroxylation is 1. The molecule has 35 heavy (non-hydrogen) atoms. The Morgan fingerprint density at radius 2 is 1.57 bits per heavy atom. The van der Waals surface area contributed by atoms with Crippen LogP contribution in [0, 0.1) is 0 Å². The van der Waals surface area contributed by atoms with Gasteiger partial charge in [0.15, 0.2) is 0 Å². The standard InChI is InChI=1S/C30H36O5/c1-23(2)35-30(32)16-15-26-12-6-7-14-29(26)34-20-19-33-18-17-25-11-8-13-27(21-25)28(31)22-24-9-4-3-5-10-24/h3-14,21,23,28,31H,15-20,22H2,1-2H3. The van der Waals surface area contributed by atoms with Gasteiger partial charge < -0.3 is 19.3 Å². The van der Waals surface area contributed by atoms with Crippen LogP contribution in [0.5, 0.6) is 5.75 Å². The third-order valence-electron chi connectivity index (χ3n) is 5.57. The normalized spacial score (nSPS) is 11.9. The lowest BCUT2D eigenvalue weighted by atomic mass is 9.99. The number of hydrogen-bond acceptors (Lipinski definition) is 5. The van der Waals surface area contributed by atoms with Crippen LogP contribution in [0.3, 0.4) is 0 Å². The number of esters is 1. The Balaban J connectivity index is 1.38. The van der Waals surface area contributed by atoms with Crippen LogP contribution in [-0.4, -0.2) is 37.0 Å². The van der Waals surface area contributed by atoms with Crippen molar-refractivity contribution in [1.29, 1.82) is 0 Å². The summed E-state index contributed by atoms with van der Waals surface area (Å²) in [4.78, 5) is 11.8. The highest BCUT2D eigenvalue weighted by Crippen LogP contribution is 2.21. The zero-order valence-electron chi connectivity index (χ0n) is 20.7. The molecule has 3 aromatic rings. The van der Waals surface area contributed by atoms with Gasteiger partial charge in [-0.1, -0.05) is 72.8 Å². The van der Waals surface area contributed by atoms with E-state index >= 15 is 0 Å². The largest absolute Gasteiger partial charge is 0.491 e. The molecule has 0 saturated heterocycles. The van der Waals surface area contributed by atoms with Crippen molar-refractivity contribution in [3.63, 3.8) is 0 Å². The van der Waals surface area contributed by atoms with Gasteiger partial charge in [0, 0.05) is 12.8 Å². The summed E-state index contributed by atoms with van der Waals surface area (Å²) in [7, 11) is 0. The minimum Gasteiger partial charge on any atom is -0.491 e. The number of rotatable bonds is 14. The lowest BCUT2D eigenvalue weighted by Gasteiger charge is -2.13. The molecule has 0 spiro atoms. The van der Waals surface area contributed by atoms with Crippen LogP contribution in [0.25, 0.3) is 0 Å². The van der Waals surface area contributed by atoms with Crippen LogP contribution < -0.4 is 4.74 Å². The summed E-state index contributed by atoms with van der Waals surface area (Å²) < 4.78 is 16.9. The first kappa shape index (κ1) is 26.5. The van der Waals surface area contributed by atoms with Crippen molar-refractivity contribution < 1.29 is 24.1 Å². The molecule has 0 aliphatic rings. The van der Waals surface area contributed by atoms with Crippen molar-refractivity contribution in [3.8, 4) is 5.75 Å². The number of para-hydroxylation sites is 1. The highest BCUT2D eigenvalue weighted by Gasteiger charge is 2.10. The van der Waals surface area contributed by atoms with Gasteiger partial charge in [-0.05, 0) is 55.0 Å². The SMILES string of the molecule is CC(C)OC(=O)CCc1ccccc1OCCOCCc1cccc(C(O)Cc2ccccc2)c1. The highest BCUT2D eigenvalue weighted by atomic mass is 16.5. The molecule has 0 aliphatic carbocycles. The first-order valence-electron chi connectivity index (χ1n) is 12.3. The number of ether oxygens (including phenoxy) is 3. The second-order valence-electron chi connectivity index (χ2n) is 8.81. The third-order valence-corrected chi connectivity index (χ3v) is 5.57. The molecule has 0 saturated carbocycles. The maximum atomic E-state index is 11.8. The van der Waals surface area contributed by atoms with E-state index in [4.69, 9.17) is 14.2 Å². The van der Waals surface area contributed by atoms with Gasteiger partial charge in [0.25, 0.3) is 0 Å². The van der Waals surface area contributed by atoms with Gasteiger partial charge in [0.2, 0.25) is 0 Å². The Bertz CT molecular complexity index is 1030. The summed E-state index contributed by atoms with van der Waals surface area (Å²) >= 11 is 0. The highest BCUT2D eigenvalue weighted by molar-refractivity contribution is 5.70. The Morgan fingerprint density at radius 3 is 2.37 bits per heavy atom. The quantitative estimate of drug-likeness (QED) is 0.246. The first-order chi connectivity index (χ1) is 17.0. The molecule has 0 heterocycles. The predicted molar refractivity (Wildman–Crippen MR) is 138 cm³/mol. The van der Waals surface area contributed by atoms with E-state index in [2.05, 4.69) is 6.07 Å². The molecule has 5 heteroatoms. The van der Waals surface area contributed by atoms with Gasteiger partial charge in [0.1, 0.15) is 12.4 Å². The van der Waals surface area contributed by atoms with E-state index < -0.39 is 6.10 Å². The number of hydrogen-bond donors (Lipinski definition) is 1. The maximum Gasteiger partial charge on any atom is 0.306 e. The fourth-order valence-electron chi connectivity index (χ4n) is 3.82. The van der Waals surface area contributed by atoms with E-state index in [0.29, 0.717) is 39.1 Å². The van der Waals surface area contributed by atoms with Crippen molar-refractivity contribution in [2.45, 2.75) is 51.7 Å². The summed E-state index contributed by atoms with van der Waals surface area (Å²) in [6, 6.07) is 25.8. The van der Waals surface area contributed by atoms with Gasteiger partial charge in [-0.2, -0.15) is 0 Å². The summed E-state index contributed by atoms with van der Waals surface area (Å²) in [5.74, 6) is 0.573. The predicted octanol–water partition coefficient (Wildman–Crippen LogP) is 5.49. The summed E-state index contributed by atoms with van der Waals surface area (Å²) in [5.41, 5.74) is 4.16. The van der Waals surface area contributed by atoms with Crippen LogP contribution in [0.4, 0.5) is 0 Å². The number of carbonyl (C=O) groups is 1. The van der Waals surface area contributed by atoms with Gasteiger partial charge in [-0.25, -0.2) is 0 Å². The Kier molecular flexibility index (Phi) is 10.8. The average Bonchev–Trinajstić information content (AvgIpc) is 2.86. The molecule has 1 unspecified atom stereocenters. The minimum atomic E-state index is -0.529. The number of aliphatic hydroxyl groups excluding tert-OH is 1. The van der Waals surface area contributed by atoms with Crippen LogP contribution in [0.1, 0.15) is 48.6 Å². The average molecular weight is 477 g/mol. The van der Waals surface area contributed by atoms with E-state index in [1.807, 2.05) is 86.6 Å². The zero-order valence-corrected chi connectivity index (χ0v) is 20.7. The Hall–Kier alpha value is -3.15. The fraction of sp³-hybridized carbons (Fsp3) is 0.367. The third kappa shape index (κ3) is 9.55. The molecule has 3 rings (SSSR count). The molecule has 5 nitrogen and oxygen atoms in total. The van der Waals surface area contributed by atoms with Crippen molar-refractivity contribution in [2.75, 3.05) is 19.8 Å². The smallest absolute Gasteiger partial charge is 0.306 e. The molecule has 0 amide bonds. The molecule has 1 N–H and O–H groups in total. The summed E-state index contributed by atoms with van der Waals surface area (Å²) in [6.45, 7) is 5.18. The van der Waals surface area contributed by atoms with E-state index in [-0.39, 0.29) is 12.1 Å². The Labute approximate surface area is 208 Å². The van der Waals surface area contributed by atoms with Crippen molar-refractivity contribution in [3.05, 3.63) is 101 Å².